The van der Waals surface area contributed by atoms with Crippen molar-refractivity contribution < 1.29 is 19.1 Å². The quantitative estimate of drug-likeness (QED) is 0.680. The molecule has 172 valence electrons. The molecule has 2 atom stereocenters. The van der Waals surface area contributed by atoms with Gasteiger partial charge in [-0.25, -0.2) is 4.98 Å². The Morgan fingerprint density at radius 2 is 1.97 bits per heavy atom. The molecule has 32 heavy (non-hydrogen) atoms. The van der Waals surface area contributed by atoms with Gasteiger partial charge in [-0.3, -0.25) is 14.7 Å². The van der Waals surface area contributed by atoms with Gasteiger partial charge in [-0.1, -0.05) is 12.8 Å². The summed E-state index contributed by atoms with van der Waals surface area (Å²) in [5.41, 5.74) is 0.764. The monoisotopic (exact) mass is 441 g/mol. The fourth-order valence-corrected chi connectivity index (χ4v) is 4.72. The number of methoxy groups -OCH3 is 2. The lowest BCUT2D eigenvalue weighted by atomic mass is 10.0. The average molecular weight is 442 g/mol. The van der Waals surface area contributed by atoms with Crippen molar-refractivity contribution in [2.45, 2.75) is 51.0 Å². The Hall–Kier alpha value is -3.10. The van der Waals surface area contributed by atoms with E-state index in [1.54, 1.807) is 31.3 Å². The van der Waals surface area contributed by atoms with Crippen LogP contribution in [0.15, 0.2) is 18.2 Å². The van der Waals surface area contributed by atoms with E-state index in [2.05, 4.69) is 20.5 Å². The van der Waals surface area contributed by atoms with Gasteiger partial charge in [0.2, 0.25) is 11.8 Å². The standard InChI is InChI=1S/C23H31N5O4/c1-14-24-22(27-26-14)18-12-28(13-19(18)25-23(30)15-6-4-5-7-15)21(29)11-16-10-17(31-2)8-9-20(16)32-3/h8-10,15,18-19H,4-7,11-13H2,1-3H3,(H,25,30)(H,24,26,27)/t18-,19-/m1/s1. The lowest BCUT2D eigenvalue weighted by molar-refractivity contribution is -0.130. The number of carbonyl (C=O) groups excluding carboxylic acids is 2. The number of aromatic amines is 1. The fourth-order valence-electron chi connectivity index (χ4n) is 4.72. The Labute approximate surface area is 187 Å². The van der Waals surface area contributed by atoms with Crippen LogP contribution in [0.2, 0.25) is 0 Å². The number of likely N-dealkylation sites (tertiary alicyclic amines) is 1. The Balaban J connectivity index is 1.50. The highest BCUT2D eigenvalue weighted by Crippen LogP contribution is 2.30. The second-order valence-electron chi connectivity index (χ2n) is 8.64. The molecule has 2 fully saturated rings. The second-order valence-corrected chi connectivity index (χ2v) is 8.64. The molecule has 9 heteroatoms. The summed E-state index contributed by atoms with van der Waals surface area (Å²) in [6.45, 7) is 2.73. The number of nitrogens with one attached hydrogen (secondary N) is 2. The van der Waals surface area contributed by atoms with E-state index >= 15 is 0 Å². The van der Waals surface area contributed by atoms with Gasteiger partial charge in [0.25, 0.3) is 0 Å². The molecule has 1 aliphatic heterocycles. The minimum atomic E-state index is -0.213. The van der Waals surface area contributed by atoms with Gasteiger partial charge >= 0.3 is 0 Å². The Kier molecular flexibility index (Phi) is 6.62. The van der Waals surface area contributed by atoms with E-state index in [0.29, 0.717) is 36.2 Å². The maximum Gasteiger partial charge on any atom is 0.227 e. The minimum absolute atomic E-state index is 0.0357. The third kappa shape index (κ3) is 4.71. The highest BCUT2D eigenvalue weighted by molar-refractivity contribution is 5.81. The summed E-state index contributed by atoms with van der Waals surface area (Å²) in [6.07, 6.45) is 4.24. The largest absolute Gasteiger partial charge is 0.497 e. The zero-order valence-corrected chi connectivity index (χ0v) is 18.9. The van der Waals surface area contributed by atoms with Gasteiger partial charge in [-0.15, -0.1) is 0 Å². The van der Waals surface area contributed by atoms with E-state index in [4.69, 9.17) is 9.47 Å². The van der Waals surface area contributed by atoms with E-state index in [1.807, 2.05) is 13.0 Å². The Morgan fingerprint density at radius 1 is 1.19 bits per heavy atom. The van der Waals surface area contributed by atoms with E-state index in [-0.39, 0.29) is 36.1 Å². The highest BCUT2D eigenvalue weighted by Gasteiger charge is 2.40. The minimum Gasteiger partial charge on any atom is -0.497 e. The van der Waals surface area contributed by atoms with Gasteiger partial charge in [0.15, 0.2) is 5.82 Å². The van der Waals surface area contributed by atoms with Crippen LogP contribution in [0.3, 0.4) is 0 Å². The molecule has 4 rings (SSSR count). The van der Waals surface area contributed by atoms with Crippen LogP contribution in [0.25, 0.3) is 0 Å². The Morgan fingerprint density at radius 3 is 2.62 bits per heavy atom. The van der Waals surface area contributed by atoms with Gasteiger partial charge in [-0.2, -0.15) is 5.10 Å². The first-order chi connectivity index (χ1) is 15.5. The summed E-state index contributed by atoms with van der Waals surface area (Å²) in [5.74, 6) is 2.62. The molecule has 2 N–H and O–H groups in total. The van der Waals surface area contributed by atoms with Gasteiger partial charge in [0.05, 0.1) is 32.6 Å². The van der Waals surface area contributed by atoms with Crippen LogP contribution in [0, 0.1) is 12.8 Å². The first-order valence-corrected chi connectivity index (χ1v) is 11.2. The molecule has 9 nitrogen and oxygen atoms in total. The summed E-state index contributed by atoms with van der Waals surface area (Å²) in [7, 11) is 3.18. The fraction of sp³-hybridized carbons (Fsp3) is 0.565. The number of H-pyrrole nitrogens is 1. The number of aryl methyl sites for hydroxylation is 1. The van der Waals surface area contributed by atoms with E-state index in [0.717, 1.165) is 31.2 Å². The van der Waals surface area contributed by atoms with E-state index < -0.39 is 0 Å². The molecule has 1 aliphatic carbocycles. The van der Waals surface area contributed by atoms with E-state index in [9.17, 15) is 9.59 Å². The van der Waals surface area contributed by atoms with Crippen LogP contribution in [0.4, 0.5) is 0 Å². The predicted octanol–water partition coefficient (Wildman–Crippen LogP) is 1.97. The second kappa shape index (κ2) is 9.58. The van der Waals surface area contributed by atoms with Crippen molar-refractivity contribution in [1.29, 1.82) is 0 Å². The Bertz CT molecular complexity index is 969. The molecule has 1 saturated carbocycles. The molecule has 0 unspecified atom stereocenters. The molecule has 2 aromatic rings. The third-order valence-corrected chi connectivity index (χ3v) is 6.50. The van der Waals surface area contributed by atoms with Crippen LogP contribution < -0.4 is 14.8 Å². The molecule has 1 aromatic carbocycles. The molecule has 0 bridgehead atoms. The first-order valence-electron chi connectivity index (χ1n) is 11.2. The molecule has 1 aromatic heterocycles. The highest BCUT2D eigenvalue weighted by atomic mass is 16.5. The zero-order valence-electron chi connectivity index (χ0n) is 18.9. The van der Waals surface area contributed by atoms with Crippen molar-refractivity contribution in [1.82, 2.24) is 25.4 Å². The molecule has 0 radical (unpaired) electrons. The molecule has 0 spiro atoms. The number of nitrogens with zero attached hydrogens (tertiary/aromatic N) is 3. The normalized spacial score (nSPS) is 21.0. The molecule has 2 aliphatic rings. The van der Waals surface area contributed by atoms with Crippen molar-refractivity contribution in [3.05, 3.63) is 35.4 Å². The SMILES string of the molecule is COc1ccc(OC)c(CC(=O)N2C[C@@H](NC(=O)C3CCCC3)[C@H](c3n[nH]c(C)n3)C2)c1. The molecule has 2 amide bonds. The van der Waals surface area contributed by atoms with Crippen molar-refractivity contribution in [2.24, 2.45) is 5.92 Å². The number of hydrogen-bond donors (Lipinski definition) is 2. The molecular weight excluding hydrogens is 410 g/mol. The number of carbonyl (C=O) groups is 2. The van der Waals surface area contributed by atoms with Crippen LogP contribution in [0.5, 0.6) is 11.5 Å². The average Bonchev–Trinajstić information content (AvgIpc) is 3.54. The van der Waals surface area contributed by atoms with Gasteiger partial charge in [0, 0.05) is 24.6 Å². The van der Waals surface area contributed by atoms with Gasteiger partial charge in [0.1, 0.15) is 17.3 Å². The van der Waals surface area contributed by atoms with Crippen molar-refractivity contribution in [3.63, 3.8) is 0 Å². The van der Waals surface area contributed by atoms with Crippen LogP contribution >= 0.6 is 0 Å². The lowest BCUT2D eigenvalue weighted by Crippen LogP contribution is -2.43. The van der Waals surface area contributed by atoms with Crippen LogP contribution in [-0.4, -0.2) is 65.2 Å². The maximum absolute atomic E-state index is 13.2. The van der Waals surface area contributed by atoms with E-state index in [1.165, 1.54) is 0 Å². The third-order valence-electron chi connectivity index (χ3n) is 6.50. The summed E-state index contributed by atoms with van der Waals surface area (Å²) >= 11 is 0. The van der Waals surface area contributed by atoms with Crippen molar-refractivity contribution in [2.75, 3.05) is 27.3 Å². The predicted molar refractivity (Wildman–Crippen MR) is 118 cm³/mol. The number of benzene rings is 1. The maximum atomic E-state index is 13.2. The summed E-state index contributed by atoms with van der Waals surface area (Å²) in [5, 5.41) is 10.4. The van der Waals surface area contributed by atoms with Crippen LogP contribution in [0.1, 0.15) is 48.8 Å². The number of hydrogen-bond acceptors (Lipinski definition) is 6. The molecule has 2 heterocycles. The topological polar surface area (TPSA) is 109 Å². The number of rotatable bonds is 7. The lowest BCUT2D eigenvalue weighted by Gasteiger charge is -2.20. The van der Waals surface area contributed by atoms with Gasteiger partial charge < -0.3 is 19.7 Å². The molecular formula is C23H31N5O4. The number of amides is 2. The smallest absolute Gasteiger partial charge is 0.227 e. The zero-order chi connectivity index (χ0) is 22.7. The van der Waals surface area contributed by atoms with Crippen LogP contribution in [-0.2, 0) is 16.0 Å². The first kappa shape index (κ1) is 22.1. The van der Waals surface area contributed by atoms with Crippen molar-refractivity contribution in [3.8, 4) is 11.5 Å². The summed E-state index contributed by atoms with van der Waals surface area (Å²) < 4.78 is 10.7. The van der Waals surface area contributed by atoms with Crippen molar-refractivity contribution >= 4 is 11.8 Å². The number of aromatic nitrogens is 3. The summed E-state index contributed by atoms with van der Waals surface area (Å²) in [6, 6.07) is 5.21. The number of ether oxygens (including phenoxy) is 2. The van der Waals surface area contributed by atoms with Gasteiger partial charge in [-0.05, 0) is 38.0 Å². The summed E-state index contributed by atoms with van der Waals surface area (Å²) in [4.78, 5) is 32.3. The molecule has 1 saturated heterocycles.